The molecule has 1 aromatic heterocycles. The highest BCUT2D eigenvalue weighted by Crippen LogP contribution is 2.43. The number of carboxylic acids is 1. The number of carbonyl (C=O) groups excluding carboxylic acids is 2. The van der Waals surface area contributed by atoms with E-state index in [0.717, 1.165) is 0 Å². The number of nitrogens with zero attached hydrogens (tertiary/aromatic N) is 4. The zero-order valence-corrected chi connectivity index (χ0v) is 12.5. The van der Waals surface area contributed by atoms with E-state index in [9.17, 15) is 19.5 Å². The van der Waals surface area contributed by atoms with E-state index in [2.05, 4.69) is 4.98 Å². The first-order valence-electron chi connectivity index (χ1n) is 7.18. The molecule has 2 saturated heterocycles. The van der Waals surface area contributed by atoms with Crippen LogP contribution in [0.1, 0.15) is 17.4 Å². The second-order valence-corrected chi connectivity index (χ2v) is 5.94. The van der Waals surface area contributed by atoms with E-state index in [1.54, 1.807) is 16.5 Å². The number of aromatic nitrogens is 2. The number of carbonyl (C=O) groups is 3. The van der Waals surface area contributed by atoms with E-state index in [4.69, 9.17) is 0 Å². The van der Waals surface area contributed by atoms with E-state index in [0.29, 0.717) is 12.2 Å². The highest BCUT2D eigenvalue weighted by Gasteiger charge is 2.62. The number of imidazole rings is 1. The summed E-state index contributed by atoms with van der Waals surface area (Å²) < 4.78 is 1.59. The van der Waals surface area contributed by atoms with Crippen molar-refractivity contribution < 1.29 is 19.5 Å². The smallest absolute Gasteiger partial charge is 0.314 e. The standard InChI is InChI=1S/C14H18N4O4/c1-3-17-6-14(13(21)22)7-18(5-9(14)11(17)19)12(20)10-4-15-8-16(10)2/h4,8-9H,3,5-7H2,1-2H3,(H,21,22)/t9-,14+/m0/s1. The largest absolute Gasteiger partial charge is 0.481 e. The van der Waals surface area contributed by atoms with Crippen molar-refractivity contribution in [2.45, 2.75) is 6.92 Å². The predicted octanol–water partition coefficient (Wildman–Crippen LogP) is -0.575. The lowest BCUT2D eigenvalue weighted by Gasteiger charge is -2.24. The van der Waals surface area contributed by atoms with Crippen LogP contribution < -0.4 is 0 Å². The summed E-state index contributed by atoms with van der Waals surface area (Å²) in [7, 11) is 1.70. The molecule has 2 amide bonds. The van der Waals surface area contributed by atoms with Crippen LogP contribution >= 0.6 is 0 Å². The summed E-state index contributed by atoms with van der Waals surface area (Å²) >= 11 is 0. The molecule has 0 aromatic carbocycles. The van der Waals surface area contributed by atoms with Crippen molar-refractivity contribution in [2.75, 3.05) is 26.2 Å². The van der Waals surface area contributed by atoms with Gasteiger partial charge in [0.2, 0.25) is 5.91 Å². The molecule has 8 heteroatoms. The molecule has 2 fully saturated rings. The van der Waals surface area contributed by atoms with Crippen molar-refractivity contribution in [3.05, 3.63) is 18.2 Å². The number of aliphatic carboxylic acids is 1. The third kappa shape index (κ3) is 1.83. The van der Waals surface area contributed by atoms with Gasteiger partial charge in [0, 0.05) is 33.2 Å². The molecule has 0 aliphatic carbocycles. The van der Waals surface area contributed by atoms with Crippen LogP contribution in [0.4, 0.5) is 0 Å². The summed E-state index contributed by atoms with van der Waals surface area (Å²) in [6.07, 6.45) is 2.96. The second-order valence-electron chi connectivity index (χ2n) is 5.94. The second kappa shape index (κ2) is 4.82. The zero-order chi connectivity index (χ0) is 16.1. The summed E-state index contributed by atoms with van der Waals surface area (Å²) in [5.41, 5.74) is -0.804. The SMILES string of the molecule is CCN1C[C@@]2(C(=O)O)CN(C(=O)c3cncn3C)C[C@H]2C1=O. The molecule has 3 rings (SSSR count). The molecule has 2 aliphatic heterocycles. The van der Waals surface area contributed by atoms with Crippen LogP contribution in [0.2, 0.25) is 0 Å². The lowest BCUT2D eigenvalue weighted by atomic mass is 9.81. The van der Waals surface area contributed by atoms with Crippen molar-refractivity contribution in [1.82, 2.24) is 19.4 Å². The summed E-state index contributed by atoms with van der Waals surface area (Å²) in [6.45, 7) is 2.68. The van der Waals surface area contributed by atoms with Gasteiger partial charge in [0.15, 0.2) is 0 Å². The van der Waals surface area contributed by atoms with Gasteiger partial charge < -0.3 is 19.5 Å². The molecule has 0 spiro atoms. The molecule has 0 radical (unpaired) electrons. The molecule has 0 unspecified atom stereocenters. The highest BCUT2D eigenvalue weighted by atomic mass is 16.4. The van der Waals surface area contributed by atoms with E-state index in [1.165, 1.54) is 17.4 Å². The van der Waals surface area contributed by atoms with Gasteiger partial charge in [0.25, 0.3) is 5.91 Å². The third-order valence-corrected chi connectivity index (χ3v) is 4.76. The number of aryl methyl sites for hydroxylation is 1. The first kappa shape index (κ1) is 14.6. The van der Waals surface area contributed by atoms with Gasteiger partial charge in [-0.1, -0.05) is 0 Å². The van der Waals surface area contributed by atoms with Gasteiger partial charge in [0.05, 0.1) is 18.4 Å². The molecular weight excluding hydrogens is 288 g/mol. The molecule has 118 valence electrons. The Bertz CT molecular complexity index is 655. The monoisotopic (exact) mass is 306 g/mol. The summed E-state index contributed by atoms with van der Waals surface area (Å²) in [5.74, 6) is -2.14. The quantitative estimate of drug-likeness (QED) is 0.806. The molecular formula is C14H18N4O4. The molecule has 1 aromatic rings. The highest BCUT2D eigenvalue weighted by molar-refractivity contribution is 5.97. The minimum Gasteiger partial charge on any atom is -0.481 e. The predicted molar refractivity (Wildman–Crippen MR) is 74.9 cm³/mol. The van der Waals surface area contributed by atoms with Gasteiger partial charge in [0.1, 0.15) is 11.1 Å². The number of amides is 2. The third-order valence-electron chi connectivity index (χ3n) is 4.76. The summed E-state index contributed by atoms with van der Waals surface area (Å²) in [5, 5.41) is 9.66. The Balaban J connectivity index is 1.89. The number of likely N-dealkylation sites (tertiary alicyclic amines) is 2. The van der Waals surface area contributed by atoms with Crippen molar-refractivity contribution in [2.24, 2.45) is 18.4 Å². The molecule has 0 bridgehead atoms. The minimum absolute atomic E-state index is 0.0548. The maximum atomic E-state index is 12.5. The average Bonchev–Trinajstić information content (AvgIpc) is 3.13. The minimum atomic E-state index is -1.19. The number of hydrogen-bond acceptors (Lipinski definition) is 4. The number of rotatable bonds is 3. The van der Waals surface area contributed by atoms with Gasteiger partial charge in [-0.15, -0.1) is 0 Å². The van der Waals surface area contributed by atoms with Gasteiger partial charge in [-0.2, -0.15) is 0 Å². The fraction of sp³-hybridized carbons (Fsp3) is 0.571. The number of fused-ring (bicyclic) bond motifs is 1. The molecule has 2 atom stereocenters. The first-order chi connectivity index (χ1) is 10.4. The van der Waals surface area contributed by atoms with Crippen LogP contribution in [-0.4, -0.2) is 68.4 Å². The van der Waals surface area contributed by atoms with E-state index >= 15 is 0 Å². The Morgan fingerprint density at radius 2 is 2.18 bits per heavy atom. The van der Waals surface area contributed by atoms with Crippen LogP contribution in [0.3, 0.4) is 0 Å². The van der Waals surface area contributed by atoms with E-state index in [1.807, 2.05) is 6.92 Å². The van der Waals surface area contributed by atoms with Crippen molar-refractivity contribution in [3.8, 4) is 0 Å². The Labute approximate surface area is 127 Å². The molecule has 0 saturated carbocycles. The molecule has 2 aliphatic rings. The Morgan fingerprint density at radius 3 is 2.68 bits per heavy atom. The lowest BCUT2D eigenvalue weighted by Crippen LogP contribution is -2.42. The van der Waals surface area contributed by atoms with Gasteiger partial charge >= 0.3 is 5.97 Å². The fourth-order valence-electron chi connectivity index (χ4n) is 3.46. The Kier molecular flexibility index (Phi) is 3.19. The van der Waals surface area contributed by atoms with Gasteiger partial charge in [-0.25, -0.2) is 4.98 Å². The van der Waals surface area contributed by atoms with Gasteiger partial charge in [-0.3, -0.25) is 14.4 Å². The normalized spacial score (nSPS) is 27.4. The lowest BCUT2D eigenvalue weighted by molar-refractivity contribution is -0.149. The van der Waals surface area contributed by atoms with Crippen LogP contribution in [0, 0.1) is 11.3 Å². The average molecular weight is 306 g/mol. The molecule has 3 heterocycles. The topological polar surface area (TPSA) is 95.7 Å². The maximum Gasteiger partial charge on any atom is 0.314 e. The maximum absolute atomic E-state index is 12.5. The number of carboxylic acid groups (broad SMARTS) is 1. The van der Waals surface area contributed by atoms with Crippen LogP contribution in [-0.2, 0) is 16.6 Å². The van der Waals surface area contributed by atoms with Crippen LogP contribution in [0.25, 0.3) is 0 Å². The van der Waals surface area contributed by atoms with Crippen molar-refractivity contribution >= 4 is 17.8 Å². The molecule has 8 nitrogen and oxygen atoms in total. The molecule has 1 N–H and O–H groups in total. The number of hydrogen-bond donors (Lipinski definition) is 1. The summed E-state index contributed by atoms with van der Waals surface area (Å²) in [4.78, 5) is 43.6. The van der Waals surface area contributed by atoms with E-state index in [-0.39, 0.29) is 31.4 Å². The van der Waals surface area contributed by atoms with Crippen LogP contribution in [0.5, 0.6) is 0 Å². The van der Waals surface area contributed by atoms with Crippen LogP contribution in [0.15, 0.2) is 12.5 Å². The first-order valence-corrected chi connectivity index (χ1v) is 7.18. The Morgan fingerprint density at radius 1 is 1.45 bits per heavy atom. The zero-order valence-electron chi connectivity index (χ0n) is 12.5. The van der Waals surface area contributed by atoms with Crippen molar-refractivity contribution in [3.63, 3.8) is 0 Å². The Hall–Kier alpha value is -2.38. The summed E-state index contributed by atoms with van der Waals surface area (Å²) in [6, 6.07) is 0. The molecule has 22 heavy (non-hydrogen) atoms. The van der Waals surface area contributed by atoms with E-state index < -0.39 is 17.3 Å². The van der Waals surface area contributed by atoms with Crippen molar-refractivity contribution in [1.29, 1.82) is 0 Å². The van der Waals surface area contributed by atoms with Gasteiger partial charge in [-0.05, 0) is 6.92 Å². The fourth-order valence-corrected chi connectivity index (χ4v) is 3.46.